The average molecular weight is 278 g/mol. The monoisotopic (exact) mass is 277 g/mol. The van der Waals surface area contributed by atoms with Gasteiger partial charge >= 0.3 is 5.97 Å². The molecule has 0 bridgehead atoms. The van der Waals surface area contributed by atoms with Crippen LogP contribution in [0.4, 0.5) is 5.69 Å². The molecule has 0 saturated heterocycles. The van der Waals surface area contributed by atoms with Crippen molar-refractivity contribution in [2.75, 3.05) is 0 Å². The Morgan fingerprint density at radius 3 is 2.42 bits per heavy atom. The molecule has 0 aliphatic carbocycles. The number of hydrogen-bond donors (Lipinski definition) is 0. The van der Waals surface area contributed by atoms with Gasteiger partial charge in [-0.1, -0.05) is 35.9 Å². The maximum atomic E-state index is 11.9. The highest BCUT2D eigenvalue weighted by molar-refractivity contribution is 6.32. The Kier molecular flexibility index (Phi) is 3.77. The quantitative estimate of drug-likeness (QED) is 0.373. The van der Waals surface area contributed by atoms with E-state index in [2.05, 4.69) is 0 Å². The Balaban J connectivity index is 2.31. The Labute approximate surface area is 113 Å². The molecule has 0 N–H and O–H groups in total. The van der Waals surface area contributed by atoms with Gasteiger partial charge in [0.25, 0.3) is 5.69 Å². The van der Waals surface area contributed by atoms with E-state index < -0.39 is 10.9 Å². The van der Waals surface area contributed by atoms with Crippen LogP contribution in [0.5, 0.6) is 5.75 Å². The lowest BCUT2D eigenvalue weighted by Gasteiger charge is -2.06. The summed E-state index contributed by atoms with van der Waals surface area (Å²) in [4.78, 5) is 22.1. The molecule has 2 aromatic carbocycles. The average Bonchev–Trinajstić information content (AvgIpc) is 2.41. The van der Waals surface area contributed by atoms with Crippen LogP contribution in [0.25, 0.3) is 0 Å². The molecule has 0 fully saturated rings. The number of para-hydroxylation sites is 2. The van der Waals surface area contributed by atoms with Gasteiger partial charge in [-0.25, -0.2) is 4.79 Å². The molecule has 96 valence electrons. The van der Waals surface area contributed by atoms with E-state index in [1.165, 1.54) is 30.3 Å². The highest BCUT2D eigenvalue weighted by atomic mass is 35.5. The third kappa shape index (κ3) is 2.89. The van der Waals surface area contributed by atoms with Gasteiger partial charge < -0.3 is 4.74 Å². The number of nitro benzene ring substituents is 1. The Hall–Kier alpha value is -2.40. The van der Waals surface area contributed by atoms with Crippen molar-refractivity contribution in [3.8, 4) is 5.75 Å². The predicted octanol–water partition coefficient (Wildman–Crippen LogP) is 3.47. The molecule has 0 spiro atoms. The van der Waals surface area contributed by atoms with E-state index >= 15 is 0 Å². The summed E-state index contributed by atoms with van der Waals surface area (Å²) in [7, 11) is 0. The molecule has 0 aromatic heterocycles. The Bertz CT molecular complexity index is 642. The first-order valence-corrected chi connectivity index (χ1v) is 5.67. The van der Waals surface area contributed by atoms with Crippen molar-refractivity contribution in [3.05, 3.63) is 69.2 Å². The van der Waals surface area contributed by atoms with Crippen molar-refractivity contribution >= 4 is 23.3 Å². The molecule has 0 aliphatic heterocycles. The van der Waals surface area contributed by atoms with Crippen LogP contribution in [0, 0.1) is 10.1 Å². The lowest BCUT2D eigenvalue weighted by atomic mass is 10.2. The first-order chi connectivity index (χ1) is 9.09. The fourth-order valence-corrected chi connectivity index (χ4v) is 1.66. The highest BCUT2D eigenvalue weighted by Gasteiger charge is 2.21. The van der Waals surface area contributed by atoms with Gasteiger partial charge in [0.1, 0.15) is 11.3 Å². The maximum absolute atomic E-state index is 11.9. The number of hydrogen-bond acceptors (Lipinski definition) is 4. The number of rotatable bonds is 3. The van der Waals surface area contributed by atoms with Gasteiger partial charge in [0.15, 0.2) is 0 Å². The lowest BCUT2D eigenvalue weighted by molar-refractivity contribution is -0.385. The summed E-state index contributed by atoms with van der Waals surface area (Å²) in [6, 6.07) is 12.0. The lowest BCUT2D eigenvalue weighted by Crippen LogP contribution is -2.11. The molecule has 2 rings (SSSR count). The Morgan fingerprint density at radius 2 is 1.74 bits per heavy atom. The zero-order chi connectivity index (χ0) is 13.8. The molecule has 0 radical (unpaired) electrons. The molecule has 0 amide bonds. The van der Waals surface area contributed by atoms with Gasteiger partial charge in [0.2, 0.25) is 0 Å². The van der Waals surface area contributed by atoms with Crippen molar-refractivity contribution in [1.82, 2.24) is 0 Å². The second-order valence-electron chi connectivity index (χ2n) is 3.59. The molecule has 5 nitrogen and oxygen atoms in total. The van der Waals surface area contributed by atoms with Gasteiger partial charge in [-0.05, 0) is 18.2 Å². The minimum Gasteiger partial charge on any atom is -0.421 e. The number of nitrogens with zero attached hydrogens (tertiary/aromatic N) is 1. The maximum Gasteiger partial charge on any atom is 0.350 e. The fourth-order valence-electron chi connectivity index (χ4n) is 1.49. The van der Waals surface area contributed by atoms with Crippen molar-refractivity contribution < 1.29 is 14.5 Å². The number of nitro groups is 1. The van der Waals surface area contributed by atoms with Crippen LogP contribution < -0.4 is 4.74 Å². The van der Waals surface area contributed by atoms with E-state index in [4.69, 9.17) is 16.3 Å². The minimum absolute atomic E-state index is 0.118. The molecular weight excluding hydrogens is 270 g/mol. The van der Waals surface area contributed by atoms with Gasteiger partial charge in [-0.3, -0.25) is 10.1 Å². The third-order valence-corrected chi connectivity index (χ3v) is 2.67. The molecular formula is C13H8ClNO4. The van der Waals surface area contributed by atoms with Crippen molar-refractivity contribution in [2.45, 2.75) is 0 Å². The van der Waals surface area contributed by atoms with Gasteiger partial charge in [-0.2, -0.15) is 0 Å². The summed E-state index contributed by atoms with van der Waals surface area (Å²) in [6.07, 6.45) is 0. The smallest absolute Gasteiger partial charge is 0.350 e. The van der Waals surface area contributed by atoms with E-state index in [0.29, 0.717) is 0 Å². The largest absolute Gasteiger partial charge is 0.421 e. The van der Waals surface area contributed by atoms with Crippen LogP contribution in [0.1, 0.15) is 10.4 Å². The highest BCUT2D eigenvalue weighted by Crippen LogP contribution is 2.26. The number of carbonyl (C=O) groups is 1. The molecule has 19 heavy (non-hydrogen) atoms. The molecule has 0 saturated carbocycles. The van der Waals surface area contributed by atoms with E-state index in [0.717, 1.165) is 0 Å². The van der Waals surface area contributed by atoms with Crippen LogP contribution in [0.15, 0.2) is 48.5 Å². The second kappa shape index (κ2) is 5.49. The van der Waals surface area contributed by atoms with Gasteiger partial charge in [0.05, 0.1) is 9.95 Å². The topological polar surface area (TPSA) is 69.4 Å². The molecule has 2 aromatic rings. The number of esters is 1. The summed E-state index contributed by atoms with van der Waals surface area (Å²) in [5, 5.41) is 11.1. The molecule has 6 heteroatoms. The van der Waals surface area contributed by atoms with E-state index in [9.17, 15) is 14.9 Å². The van der Waals surface area contributed by atoms with Gasteiger partial charge in [-0.15, -0.1) is 0 Å². The normalized spacial score (nSPS) is 9.95. The zero-order valence-corrected chi connectivity index (χ0v) is 10.3. The van der Waals surface area contributed by atoms with E-state index in [-0.39, 0.29) is 22.0 Å². The summed E-state index contributed by atoms with van der Waals surface area (Å²) < 4.78 is 5.05. The number of benzene rings is 2. The van der Waals surface area contributed by atoms with Crippen LogP contribution in [-0.4, -0.2) is 10.9 Å². The van der Waals surface area contributed by atoms with Crippen molar-refractivity contribution in [2.24, 2.45) is 0 Å². The number of ether oxygens (including phenoxy) is 1. The Morgan fingerprint density at radius 1 is 1.11 bits per heavy atom. The molecule has 0 atom stereocenters. The predicted molar refractivity (Wildman–Crippen MR) is 69.5 cm³/mol. The van der Waals surface area contributed by atoms with Crippen LogP contribution in [0.2, 0.25) is 5.02 Å². The second-order valence-corrected chi connectivity index (χ2v) is 4.00. The zero-order valence-electron chi connectivity index (χ0n) is 9.58. The van der Waals surface area contributed by atoms with Crippen molar-refractivity contribution in [3.63, 3.8) is 0 Å². The SMILES string of the molecule is O=C(Oc1ccccc1Cl)c1ccccc1[N+](=O)[O-]. The van der Waals surface area contributed by atoms with Crippen LogP contribution >= 0.6 is 11.6 Å². The summed E-state index contributed by atoms with van der Waals surface area (Å²) in [5.41, 5.74) is -0.424. The van der Waals surface area contributed by atoms with Crippen molar-refractivity contribution in [1.29, 1.82) is 0 Å². The molecule has 0 unspecified atom stereocenters. The van der Waals surface area contributed by atoms with E-state index in [1.807, 2.05) is 0 Å². The van der Waals surface area contributed by atoms with Gasteiger partial charge in [0, 0.05) is 6.07 Å². The first-order valence-electron chi connectivity index (χ1n) is 5.29. The summed E-state index contributed by atoms with van der Waals surface area (Å²) in [5.74, 6) is -0.660. The first kappa shape index (κ1) is 13.0. The number of carbonyl (C=O) groups excluding carboxylic acids is 1. The number of halogens is 1. The standard InChI is InChI=1S/C13H8ClNO4/c14-10-6-2-4-8-12(10)19-13(16)9-5-1-3-7-11(9)15(17)18/h1-8H. The van der Waals surface area contributed by atoms with Crippen LogP contribution in [-0.2, 0) is 0 Å². The third-order valence-electron chi connectivity index (χ3n) is 2.36. The molecule has 0 aliphatic rings. The fraction of sp³-hybridized carbons (Fsp3) is 0. The molecule has 0 heterocycles. The van der Waals surface area contributed by atoms with Crippen LogP contribution in [0.3, 0.4) is 0 Å². The van der Waals surface area contributed by atoms with E-state index in [1.54, 1.807) is 18.2 Å². The summed E-state index contributed by atoms with van der Waals surface area (Å²) in [6.45, 7) is 0. The minimum atomic E-state index is -0.819. The summed E-state index contributed by atoms with van der Waals surface area (Å²) >= 11 is 5.85.